The zero-order valence-electron chi connectivity index (χ0n) is 12.9. The minimum atomic E-state index is -0.548. The first-order chi connectivity index (χ1) is 11.1. The monoisotopic (exact) mass is 324 g/mol. The fourth-order valence-corrected chi connectivity index (χ4v) is 2.46. The largest absolute Gasteiger partial charge is 0.477 e. The van der Waals surface area contributed by atoms with Gasteiger partial charge in [0.15, 0.2) is 12.4 Å². The molecule has 126 valence electrons. The van der Waals surface area contributed by atoms with Crippen molar-refractivity contribution in [3.8, 4) is 5.75 Å². The third kappa shape index (κ3) is 4.90. The van der Waals surface area contributed by atoms with Crippen LogP contribution in [-0.4, -0.2) is 49.9 Å². The molecule has 0 saturated carbocycles. The van der Waals surface area contributed by atoms with E-state index >= 15 is 0 Å². The number of carbonyl (C=O) groups is 1. The molecule has 1 fully saturated rings. The fourth-order valence-electron chi connectivity index (χ4n) is 2.46. The van der Waals surface area contributed by atoms with Crippen LogP contribution >= 0.6 is 0 Å². The average molecular weight is 324 g/mol. The van der Waals surface area contributed by atoms with Gasteiger partial charge in [-0.05, 0) is 18.9 Å². The lowest BCUT2D eigenvalue weighted by atomic mass is 10.1. The molecule has 1 aliphatic heterocycles. The van der Waals surface area contributed by atoms with Crippen LogP contribution in [0.25, 0.3) is 0 Å². The second-order valence-corrected chi connectivity index (χ2v) is 5.19. The van der Waals surface area contributed by atoms with Gasteiger partial charge in [-0.3, -0.25) is 14.9 Å². The lowest BCUT2D eigenvalue weighted by Gasteiger charge is -2.23. The Balaban J connectivity index is 1.90. The number of amides is 1. The molecule has 0 aliphatic carbocycles. The number of nitrogens with zero attached hydrogens (tertiary/aromatic N) is 1. The van der Waals surface area contributed by atoms with Crippen molar-refractivity contribution >= 4 is 11.6 Å². The number of para-hydroxylation sites is 2. The van der Waals surface area contributed by atoms with Gasteiger partial charge in [0.05, 0.1) is 23.7 Å². The van der Waals surface area contributed by atoms with Crippen molar-refractivity contribution in [3.05, 3.63) is 34.4 Å². The van der Waals surface area contributed by atoms with Crippen LogP contribution in [0.2, 0.25) is 0 Å². The minimum Gasteiger partial charge on any atom is -0.477 e. The molecule has 1 aromatic carbocycles. The van der Waals surface area contributed by atoms with E-state index in [1.54, 1.807) is 13.2 Å². The van der Waals surface area contributed by atoms with Crippen LogP contribution in [0.3, 0.4) is 0 Å². The highest BCUT2D eigenvalue weighted by Crippen LogP contribution is 2.25. The SMILES string of the molecule is COC[C@H](NC(=O)COc1ccccc1[N+](=O)[O-])[C@H]1CCCO1. The lowest BCUT2D eigenvalue weighted by Crippen LogP contribution is -2.47. The van der Waals surface area contributed by atoms with E-state index in [2.05, 4.69) is 5.32 Å². The van der Waals surface area contributed by atoms with E-state index in [0.29, 0.717) is 13.2 Å². The first-order valence-corrected chi connectivity index (χ1v) is 7.38. The molecule has 0 spiro atoms. The topological polar surface area (TPSA) is 99.9 Å². The summed E-state index contributed by atoms with van der Waals surface area (Å²) in [5.41, 5.74) is -0.173. The molecule has 1 amide bonds. The maximum atomic E-state index is 12.0. The Kier molecular flexibility index (Phi) is 6.30. The molecule has 0 radical (unpaired) electrons. The Bertz CT molecular complexity index is 545. The molecule has 0 bridgehead atoms. The van der Waals surface area contributed by atoms with Crippen molar-refractivity contribution in [1.82, 2.24) is 5.32 Å². The molecule has 8 heteroatoms. The highest BCUT2D eigenvalue weighted by Gasteiger charge is 2.27. The number of hydrogen-bond donors (Lipinski definition) is 1. The highest BCUT2D eigenvalue weighted by atomic mass is 16.6. The maximum absolute atomic E-state index is 12.0. The van der Waals surface area contributed by atoms with Gasteiger partial charge < -0.3 is 19.5 Å². The summed E-state index contributed by atoms with van der Waals surface area (Å²) < 4.78 is 15.9. The zero-order chi connectivity index (χ0) is 16.7. The van der Waals surface area contributed by atoms with Gasteiger partial charge in [0.2, 0.25) is 0 Å². The molecule has 2 rings (SSSR count). The van der Waals surface area contributed by atoms with Crippen LogP contribution in [0.5, 0.6) is 5.75 Å². The lowest BCUT2D eigenvalue weighted by molar-refractivity contribution is -0.385. The van der Waals surface area contributed by atoms with Crippen LogP contribution in [0.1, 0.15) is 12.8 Å². The number of nitro groups is 1. The number of nitro benzene ring substituents is 1. The molecular weight excluding hydrogens is 304 g/mol. The van der Waals surface area contributed by atoms with Crippen molar-refractivity contribution in [3.63, 3.8) is 0 Å². The summed E-state index contributed by atoms with van der Waals surface area (Å²) in [7, 11) is 1.55. The molecule has 1 aromatic rings. The van der Waals surface area contributed by atoms with E-state index in [9.17, 15) is 14.9 Å². The third-order valence-corrected chi connectivity index (χ3v) is 3.53. The van der Waals surface area contributed by atoms with E-state index in [1.807, 2.05) is 0 Å². The second-order valence-electron chi connectivity index (χ2n) is 5.19. The number of ether oxygens (including phenoxy) is 3. The summed E-state index contributed by atoms with van der Waals surface area (Å²) in [5, 5.41) is 13.7. The van der Waals surface area contributed by atoms with Crippen molar-refractivity contribution in [2.45, 2.75) is 25.0 Å². The van der Waals surface area contributed by atoms with Gasteiger partial charge in [0.25, 0.3) is 5.91 Å². The van der Waals surface area contributed by atoms with Crippen LogP contribution in [-0.2, 0) is 14.3 Å². The third-order valence-electron chi connectivity index (χ3n) is 3.53. The molecule has 1 aliphatic rings. The normalized spacial score (nSPS) is 18.4. The first kappa shape index (κ1) is 17.2. The Labute approximate surface area is 133 Å². The number of carbonyl (C=O) groups excluding carboxylic acids is 1. The standard InChI is InChI=1S/C15H20N2O6/c1-21-9-11(13-7-4-8-22-13)16-15(18)10-23-14-6-3-2-5-12(14)17(19)20/h2-3,5-6,11,13H,4,7-10H2,1H3,(H,16,18)/t11-,13+/m0/s1. The summed E-state index contributed by atoms with van der Waals surface area (Å²) in [4.78, 5) is 22.4. The molecule has 0 unspecified atom stereocenters. The van der Waals surface area contributed by atoms with Crippen molar-refractivity contribution in [1.29, 1.82) is 0 Å². The van der Waals surface area contributed by atoms with Crippen molar-refractivity contribution in [2.75, 3.05) is 26.9 Å². The number of methoxy groups -OCH3 is 1. The highest BCUT2D eigenvalue weighted by molar-refractivity contribution is 5.78. The van der Waals surface area contributed by atoms with Crippen molar-refractivity contribution in [2.24, 2.45) is 0 Å². The number of rotatable bonds is 8. The predicted octanol–water partition coefficient (Wildman–Crippen LogP) is 1.28. The van der Waals surface area contributed by atoms with Crippen LogP contribution < -0.4 is 10.1 Å². The number of benzene rings is 1. The van der Waals surface area contributed by atoms with Crippen LogP contribution in [0, 0.1) is 10.1 Å². The van der Waals surface area contributed by atoms with E-state index in [1.165, 1.54) is 18.2 Å². The Morgan fingerprint density at radius 3 is 2.96 bits per heavy atom. The van der Waals surface area contributed by atoms with Gasteiger partial charge in [-0.15, -0.1) is 0 Å². The Morgan fingerprint density at radius 2 is 2.30 bits per heavy atom. The average Bonchev–Trinajstić information content (AvgIpc) is 3.07. The molecule has 0 aromatic heterocycles. The molecule has 1 heterocycles. The van der Waals surface area contributed by atoms with Gasteiger partial charge >= 0.3 is 5.69 Å². The van der Waals surface area contributed by atoms with Gasteiger partial charge in [0.1, 0.15) is 0 Å². The summed E-state index contributed by atoms with van der Waals surface area (Å²) in [5.74, 6) is -0.311. The Morgan fingerprint density at radius 1 is 1.52 bits per heavy atom. The molecule has 8 nitrogen and oxygen atoms in total. The van der Waals surface area contributed by atoms with Crippen LogP contribution in [0.4, 0.5) is 5.69 Å². The van der Waals surface area contributed by atoms with Crippen molar-refractivity contribution < 1.29 is 23.9 Å². The van der Waals surface area contributed by atoms with Crippen LogP contribution in [0.15, 0.2) is 24.3 Å². The van der Waals surface area contributed by atoms with E-state index in [4.69, 9.17) is 14.2 Å². The number of hydrogen-bond acceptors (Lipinski definition) is 6. The van der Waals surface area contributed by atoms with Gasteiger partial charge in [-0.25, -0.2) is 0 Å². The summed E-state index contributed by atoms with van der Waals surface area (Å²) in [6.07, 6.45) is 1.73. The summed E-state index contributed by atoms with van der Waals surface area (Å²) in [6.45, 7) is 0.702. The molecular formula is C15H20N2O6. The molecule has 23 heavy (non-hydrogen) atoms. The molecule has 1 saturated heterocycles. The first-order valence-electron chi connectivity index (χ1n) is 7.38. The van der Waals surface area contributed by atoms with Gasteiger partial charge in [-0.1, -0.05) is 12.1 Å². The van der Waals surface area contributed by atoms with E-state index < -0.39 is 4.92 Å². The fraction of sp³-hybridized carbons (Fsp3) is 0.533. The maximum Gasteiger partial charge on any atom is 0.310 e. The molecule has 1 N–H and O–H groups in total. The smallest absolute Gasteiger partial charge is 0.310 e. The predicted molar refractivity (Wildman–Crippen MR) is 81.4 cm³/mol. The Hall–Kier alpha value is -2.19. The molecule has 2 atom stereocenters. The zero-order valence-corrected chi connectivity index (χ0v) is 12.9. The summed E-state index contributed by atoms with van der Waals surface area (Å²) >= 11 is 0. The van der Waals surface area contributed by atoms with Gasteiger partial charge in [-0.2, -0.15) is 0 Å². The number of nitrogens with one attached hydrogen (secondary N) is 1. The second kappa shape index (κ2) is 8.44. The quantitative estimate of drug-likeness (QED) is 0.571. The minimum absolute atomic E-state index is 0.0630. The summed E-state index contributed by atoms with van der Waals surface area (Å²) in [6, 6.07) is 5.67. The van der Waals surface area contributed by atoms with Gasteiger partial charge in [0, 0.05) is 19.8 Å². The van der Waals surface area contributed by atoms with E-state index in [0.717, 1.165) is 12.8 Å². The van der Waals surface area contributed by atoms with E-state index in [-0.39, 0.29) is 36.1 Å².